The van der Waals surface area contributed by atoms with Crippen LogP contribution in [0.25, 0.3) is 17.1 Å². The van der Waals surface area contributed by atoms with E-state index < -0.39 is 12.4 Å². The van der Waals surface area contributed by atoms with E-state index in [0.717, 1.165) is 34.4 Å². The summed E-state index contributed by atoms with van der Waals surface area (Å²) in [5.74, 6) is 0.233. The zero-order chi connectivity index (χ0) is 31.4. The predicted molar refractivity (Wildman–Crippen MR) is 163 cm³/mol. The molecule has 1 aliphatic rings. The van der Waals surface area contributed by atoms with Gasteiger partial charge in [0.25, 0.3) is 0 Å². The third-order valence-electron chi connectivity index (χ3n) is 6.77. The summed E-state index contributed by atoms with van der Waals surface area (Å²) in [5, 5.41) is 7.67. The highest BCUT2D eigenvalue weighted by Crippen LogP contribution is 2.31. The van der Waals surface area contributed by atoms with E-state index in [-0.39, 0.29) is 23.5 Å². The molecule has 1 fully saturated rings. The number of benzene rings is 3. The average Bonchev–Trinajstić information content (AvgIpc) is 3.60. The van der Waals surface area contributed by atoms with E-state index in [1.165, 1.54) is 51.9 Å². The summed E-state index contributed by atoms with van der Waals surface area (Å²) < 4.78 is 42.6. The molecule has 1 unspecified atom stereocenters. The second-order valence-corrected chi connectivity index (χ2v) is 11.1. The molecule has 2 heterocycles. The van der Waals surface area contributed by atoms with E-state index in [1.807, 2.05) is 63.2 Å². The lowest BCUT2D eigenvalue weighted by Crippen LogP contribution is -2.35. The molecule has 1 aliphatic heterocycles. The van der Waals surface area contributed by atoms with Gasteiger partial charge in [0, 0.05) is 11.6 Å². The third kappa shape index (κ3) is 7.46. The number of urea groups is 1. The van der Waals surface area contributed by atoms with E-state index in [2.05, 4.69) is 25.1 Å². The molecule has 9 nitrogen and oxygen atoms in total. The van der Waals surface area contributed by atoms with Gasteiger partial charge in [-0.05, 0) is 68.1 Å². The highest BCUT2D eigenvalue weighted by atomic mass is 32.2. The Morgan fingerprint density at radius 1 is 1.11 bits per heavy atom. The maximum atomic E-state index is 12.8. The van der Waals surface area contributed by atoms with Crippen molar-refractivity contribution in [2.24, 2.45) is 4.99 Å². The Balaban J connectivity index is 1.19. The molecule has 13 heteroatoms. The van der Waals surface area contributed by atoms with Gasteiger partial charge in [-0.2, -0.15) is 4.99 Å². The van der Waals surface area contributed by atoms with Crippen LogP contribution in [0.15, 0.2) is 78.0 Å². The maximum Gasteiger partial charge on any atom is 0.573 e. The van der Waals surface area contributed by atoms with E-state index >= 15 is 0 Å². The molecule has 0 aliphatic carbocycles. The Morgan fingerprint density at radius 3 is 2.52 bits per heavy atom. The number of alkyl halides is 3. The number of aromatic nitrogens is 3. The summed E-state index contributed by atoms with van der Waals surface area (Å²) in [5.41, 5.74) is 5.10. The maximum absolute atomic E-state index is 12.8. The number of thioether (sulfide) groups is 1. The van der Waals surface area contributed by atoms with Gasteiger partial charge in [-0.1, -0.05) is 60.6 Å². The molecule has 1 atom stereocenters. The number of rotatable bonds is 8. The summed E-state index contributed by atoms with van der Waals surface area (Å²) >= 11 is 1.24. The summed E-state index contributed by atoms with van der Waals surface area (Å²) in [7, 11) is 0. The van der Waals surface area contributed by atoms with Gasteiger partial charge in [0.1, 0.15) is 12.1 Å². The number of amidine groups is 1. The second kappa shape index (κ2) is 12.9. The normalized spacial score (nSPS) is 15.1. The standard InChI is InChI=1S/C31H29F3N6O3S/c1-4-22-15-19(2)5-14-26(22)40-27(41)17-44-30(40)37-29(42)36-20(3)16-21-6-8-23(9-7-21)28-35-18-39(38-28)24-10-12-25(13-11-24)43-31(32,33)34/h5-15,18,20H,4,16-17H2,1-3H3,(H,36,42)/b37-30-. The molecule has 1 N–H and O–H groups in total. The van der Waals surface area contributed by atoms with E-state index in [9.17, 15) is 22.8 Å². The number of anilines is 1. The number of aryl methyl sites for hydroxylation is 2. The van der Waals surface area contributed by atoms with Crippen molar-refractivity contribution in [2.75, 3.05) is 10.7 Å². The SMILES string of the molecule is CCc1cc(C)ccc1N1C(=O)CS/C1=N\C(=O)NC(C)Cc1ccc(-c2ncn(-c3ccc(OC(F)(F)F)cc3)n2)cc1. The van der Waals surface area contributed by atoms with Crippen molar-refractivity contribution >= 4 is 34.6 Å². The van der Waals surface area contributed by atoms with Crippen LogP contribution in [0.5, 0.6) is 5.75 Å². The molecule has 44 heavy (non-hydrogen) atoms. The van der Waals surface area contributed by atoms with Gasteiger partial charge >= 0.3 is 12.4 Å². The van der Waals surface area contributed by atoms with Crippen molar-refractivity contribution in [1.82, 2.24) is 20.1 Å². The van der Waals surface area contributed by atoms with Crippen molar-refractivity contribution in [3.63, 3.8) is 0 Å². The predicted octanol–water partition coefficient (Wildman–Crippen LogP) is 6.48. The van der Waals surface area contributed by atoms with Gasteiger partial charge in [-0.25, -0.2) is 14.5 Å². The minimum atomic E-state index is -4.76. The van der Waals surface area contributed by atoms with Crippen molar-refractivity contribution in [2.45, 2.75) is 46.0 Å². The van der Waals surface area contributed by atoms with E-state index in [0.29, 0.717) is 23.1 Å². The Kier molecular flexibility index (Phi) is 9.04. The second-order valence-electron chi connectivity index (χ2n) is 10.2. The molecular weight excluding hydrogens is 593 g/mol. The fraction of sp³-hybridized carbons (Fsp3) is 0.258. The minimum absolute atomic E-state index is 0.110. The Bertz CT molecular complexity index is 1690. The number of carbonyl (C=O) groups excluding carboxylic acids is 2. The number of hydrogen-bond donors (Lipinski definition) is 1. The number of ether oxygens (including phenoxy) is 1. The first kappa shape index (κ1) is 30.8. The number of carbonyl (C=O) groups is 2. The van der Waals surface area contributed by atoms with Crippen LogP contribution in [0.1, 0.15) is 30.5 Å². The van der Waals surface area contributed by atoms with Gasteiger partial charge in [0.15, 0.2) is 11.0 Å². The van der Waals surface area contributed by atoms with Crippen molar-refractivity contribution in [1.29, 1.82) is 0 Å². The summed E-state index contributed by atoms with van der Waals surface area (Å²) in [6.07, 6.45) is -2.00. The van der Waals surface area contributed by atoms with Crippen LogP contribution >= 0.6 is 11.8 Å². The Morgan fingerprint density at radius 2 is 1.84 bits per heavy atom. The van der Waals surface area contributed by atoms with Gasteiger partial charge in [-0.3, -0.25) is 9.69 Å². The summed E-state index contributed by atoms with van der Waals surface area (Å²) in [6, 6.07) is 18.0. The molecule has 228 valence electrons. The van der Waals surface area contributed by atoms with Crippen molar-refractivity contribution < 1.29 is 27.5 Å². The van der Waals surface area contributed by atoms with Crippen molar-refractivity contribution in [3.05, 3.63) is 89.7 Å². The average molecular weight is 623 g/mol. The summed E-state index contributed by atoms with van der Waals surface area (Å²) in [4.78, 5) is 35.5. The highest BCUT2D eigenvalue weighted by Gasteiger charge is 2.32. The molecule has 0 radical (unpaired) electrons. The first-order valence-electron chi connectivity index (χ1n) is 13.8. The lowest BCUT2D eigenvalue weighted by Gasteiger charge is -2.20. The molecule has 1 aromatic heterocycles. The molecule has 3 amide bonds. The van der Waals surface area contributed by atoms with Crippen molar-refractivity contribution in [3.8, 4) is 22.8 Å². The van der Waals surface area contributed by atoms with Gasteiger partial charge < -0.3 is 10.1 Å². The number of nitrogens with zero attached hydrogens (tertiary/aromatic N) is 5. The molecule has 4 aromatic rings. The Labute approximate surface area is 256 Å². The Hall–Kier alpha value is -4.65. The monoisotopic (exact) mass is 622 g/mol. The largest absolute Gasteiger partial charge is 0.573 e. The van der Waals surface area contributed by atoms with Crippen LogP contribution in [-0.2, 0) is 17.6 Å². The van der Waals surface area contributed by atoms with Crippen LogP contribution in [0, 0.1) is 6.92 Å². The lowest BCUT2D eigenvalue weighted by molar-refractivity contribution is -0.274. The topological polar surface area (TPSA) is 102 Å². The van der Waals surface area contributed by atoms with Crippen LogP contribution in [0.2, 0.25) is 0 Å². The molecule has 0 saturated carbocycles. The van der Waals surface area contributed by atoms with Crippen LogP contribution in [0.4, 0.5) is 23.7 Å². The van der Waals surface area contributed by atoms with Crippen LogP contribution < -0.4 is 15.0 Å². The zero-order valence-corrected chi connectivity index (χ0v) is 24.9. The molecule has 0 spiro atoms. The van der Waals surface area contributed by atoms with Crippen LogP contribution in [0.3, 0.4) is 0 Å². The fourth-order valence-corrected chi connectivity index (χ4v) is 5.60. The quantitative estimate of drug-likeness (QED) is 0.241. The number of halogens is 3. The number of aliphatic imine (C=N–C) groups is 1. The van der Waals surface area contributed by atoms with Gasteiger partial charge in [0.05, 0.1) is 17.1 Å². The molecule has 1 saturated heterocycles. The zero-order valence-electron chi connectivity index (χ0n) is 24.1. The van der Waals surface area contributed by atoms with E-state index in [4.69, 9.17) is 0 Å². The fourth-order valence-electron chi connectivity index (χ4n) is 4.74. The molecule has 3 aromatic carbocycles. The molecular formula is C31H29F3N6O3S. The number of nitrogens with one attached hydrogen (secondary N) is 1. The lowest BCUT2D eigenvalue weighted by atomic mass is 10.1. The molecule has 5 rings (SSSR count). The number of hydrogen-bond acceptors (Lipinski definition) is 6. The minimum Gasteiger partial charge on any atom is -0.406 e. The summed E-state index contributed by atoms with van der Waals surface area (Å²) in [6.45, 7) is 5.90. The third-order valence-corrected chi connectivity index (χ3v) is 7.69. The van der Waals surface area contributed by atoms with Crippen LogP contribution in [-0.4, -0.2) is 50.0 Å². The van der Waals surface area contributed by atoms with Gasteiger partial charge in [-0.15, -0.1) is 18.3 Å². The van der Waals surface area contributed by atoms with Gasteiger partial charge in [0.2, 0.25) is 5.91 Å². The highest BCUT2D eigenvalue weighted by molar-refractivity contribution is 8.15. The number of amides is 3. The van der Waals surface area contributed by atoms with E-state index in [1.54, 1.807) is 0 Å². The first-order valence-corrected chi connectivity index (χ1v) is 14.8. The smallest absolute Gasteiger partial charge is 0.406 e. The molecule has 0 bridgehead atoms. The first-order chi connectivity index (χ1) is 21.0.